The number of hydrogen-bond donors (Lipinski definition) is 2. The third-order valence-electron chi connectivity index (χ3n) is 3.30. The van der Waals surface area contributed by atoms with Crippen LogP contribution in [-0.2, 0) is 9.68 Å². The summed E-state index contributed by atoms with van der Waals surface area (Å²) in [5.74, 6) is 1.03. The highest BCUT2D eigenvalue weighted by Gasteiger charge is 2.05. The van der Waals surface area contributed by atoms with Gasteiger partial charge in [0.1, 0.15) is 5.75 Å². The molecule has 0 spiro atoms. The van der Waals surface area contributed by atoms with Crippen LogP contribution in [0.25, 0.3) is 0 Å². The molecule has 26 heavy (non-hydrogen) atoms. The van der Waals surface area contributed by atoms with Crippen LogP contribution in [0.3, 0.4) is 0 Å². The number of ether oxygens (including phenoxy) is 2. The molecule has 0 fully saturated rings. The molecule has 1 N–H and O–H groups in total. The zero-order valence-corrected chi connectivity index (χ0v) is 15.3. The van der Waals surface area contributed by atoms with Gasteiger partial charge < -0.3 is 24.3 Å². The van der Waals surface area contributed by atoms with E-state index in [-0.39, 0.29) is 19.0 Å². The second-order valence-corrected chi connectivity index (χ2v) is 5.38. The second-order valence-electron chi connectivity index (χ2n) is 4.93. The number of rotatable bonds is 9. The number of oxime groups is 2. The lowest BCUT2D eigenvalue weighted by atomic mass is 10.2. The van der Waals surface area contributed by atoms with Gasteiger partial charge in [0.15, 0.2) is 24.7 Å². The van der Waals surface area contributed by atoms with E-state index in [2.05, 4.69) is 22.9 Å². The van der Waals surface area contributed by atoms with Gasteiger partial charge >= 0.3 is 0 Å². The third-order valence-corrected chi connectivity index (χ3v) is 3.78. The van der Waals surface area contributed by atoms with Gasteiger partial charge in [0.2, 0.25) is 0 Å². The summed E-state index contributed by atoms with van der Waals surface area (Å²) in [7, 11) is 3.06. The fourth-order valence-electron chi connectivity index (χ4n) is 1.98. The van der Waals surface area contributed by atoms with Crippen LogP contribution in [-0.4, -0.2) is 45.0 Å². The van der Waals surface area contributed by atoms with Crippen LogP contribution >= 0.6 is 12.6 Å². The molecular formula is C18H20N2O5S. The zero-order valence-electron chi connectivity index (χ0n) is 14.5. The predicted octanol–water partition coefficient (Wildman–Crippen LogP) is 3.10. The molecule has 138 valence electrons. The van der Waals surface area contributed by atoms with Crippen LogP contribution in [0.2, 0.25) is 0 Å². The van der Waals surface area contributed by atoms with E-state index >= 15 is 0 Å². The van der Waals surface area contributed by atoms with Crippen molar-refractivity contribution in [3.63, 3.8) is 0 Å². The number of para-hydroxylation sites is 1. The number of hydrogen-bond acceptors (Lipinski definition) is 8. The van der Waals surface area contributed by atoms with E-state index in [1.807, 2.05) is 18.2 Å². The molecular weight excluding hydrogens is 356 g/mol. The summed E-state index contributed by atoms with van der Waals surface area (Å²) in [5, 5.41) is 17.5. The standard InChI is InChI=1S/C18H20N2O5S/c1-22-15-7-3-5-13(17(15)21)11-19-24-9-10-25-20-12-14-6-4-8-16(23-2)18(14)26/h3-8,11-12,21,26H,9-10H2,1-2H3/b19-11+,20-12+. The van der Waals surface area contributed by atoms with Gasteiger partial charge in [0, 0.05) is 11.1 Å². The summed E-state index contributed by atoms with van der Waals surface area (Å²) in [5.41, 5.74) is 1.27. The van der Waals surface area contributed by atoms with Crippen molar-refractivity contribution in [1.82, 2.24) is 0 Å². The fraction of sp³-hybridized carbons (Fsp3) is 0.222. The van der Waals surface area contributed by atoms with Crippen molar-refractivity contribution in [2.45, 2.75) is 4.90 Å². The van der Waals surface area contributed by atoms with Crippen molar-refractivity contribution in [2.75, 3.05) is 27.4 Å². The first-order chi connectivity index (χ1) is 12.7. The van der Waals surface area contributed by atoms with Gasteiger partial charge in [-0.15, -0.1) is 12.6 Å². The Kier molecular flexibility index (Phi) is 7.63. The van der Waals surface area contributed by atoms with Crippen molar-refractivity contribution in [2.24, 2.45) is 10.3 Å². The molecule has 0 saturated carbocycles. The number of benzene rings is 2. The summed E-state index contributed by atoms with van der Waals surface area (Å²) in [4.78, 5) is 10.8. The molecule has 2 aromatic rings. The van der Waals surface area contributed by atoms with Gasteiger partial charge in [0.25, 0.3) is 0 Å². The highest BCUT2D eigenvalue weighted by atomic mass is 32.1. The van der Waals surface area contributed by atoms with Crippen molar-refractivity contribution < 1.29 is 24.3 Å². The Bertz CT molecular complexity index is 715. The van der Waals surface area contributed by atoms with Crippen LogP contribution in [0.15, 0.2) is 51.6 Å². The zero-order chi connectivity index (χ0) is 18.8. The molecule has 0 amide bonds. The molecule has 7 nitrogen and oxygen atoms in total. The highest BCUT2D eigenvalue weighted by molar-refractivity contribution is 7.80. The minimum Gasteiger partial charge on any atom is -0.504 e. The van der Waals surface area contributed by atoms with Gasteiger partial charge in [-0.1, -0.05) is 28.5 Å². The largest absolute Gasteiger partial charge is 0.504 e. The highest BCUT2D eigenvalue weighted by Crippen LogP contribution is 2.28. The average Bonchev–Trinajstić information content (AvgIpc) is 2.66. The number of thiol groups is 1. The third kappa shape index (κ3) is 5.32. The van der Waals surface area contributed by atoms with Crippen molar-refractivity contribution in [3.8, 4) is 17.2 Å². The van der Waals surface area contributed by atoms with Crippen molar-refractivity contribution in [3.05, 3.63) is 47.5 Å². The Hall–Kier alpha value is -2.87. The lowest BCUT2D eigenvalue weighted by molar-refractivity contribution is 0.0553. The van der Waals surface area contributed by atoms with Crippen LogP contribution < -0.4 is 9.47 Å². The smallest absolute Gasteiger partial charge is 0.166 e. The molecule has 0 aliphatic heterocycles. The number of nitrogens with zero attached hydrogens (tertiary/aromatic N) is 2. The first kappa shape index (κ1) is 19.5. The summed E-state index contributed by atoms with van der Waals surface area (Å²) in [6.07, 6.45) is 2.94. The van der Waals surface area contributed by atoms with E-state index in [1.54, 1.807) is 31.5 Å². The molecule has 0 aliphatic rings. The monoisotopic (exact) mass is 376 g/mol. The molecule has 0 saturated heterocycles. The molecule has 2 aromatic carbocycles. The second kappa shape index (κ2) is 10.2. The lowest BCUT2D eigenvalue weighted by Crippen LogP contribution is -1.98. The van der Waals surface area contributed by atoms with E-state index < -0.39 is 0 Å². The average molecular weight is 376 g/mol. The van der Waals surface area contributed by atoms with Gasteiger partial charge in [-0.25, -0.2) is 0 Å². The van der Waals surface area contributed by atoms with Crippen LogP contribution in [0.4, 0.5) is 0 Å². The summed E-state index contributed by atoms with van der Waals surface area (Å²) >= 11 is 4.37. The van der Waals surface area contributed by atoms with Crippen LogP contribution in [0.1, 0.15) is 11.1 Å². The maximum absolute atomic E-state index is 9.90. The van der Waals surface area contributed by atoms with E-state index in [9.17, 15) is 5.11 Å². The molecule has 2 rings (SSSR count). The van der Waals surface area contributed by atoms with Crippen molar-refractivity contribution in [1.29, 1.82) is 0 Å². The SMILES string of the molecule is COc1cccc(/C=N/OCCO/N=C/c2cccc(OC)c2S)c1O. The minimum atomic E-state index is 0.00375. The molecule has 0 aromatic heterocycles. The van der Waals surface area contributed by atoms with Gasteiger partial charge in [-0.3, -0.25) is 0 Å². The molecule has 8 heteroatoms. The number of phenolic OH excluding ortho intramolecular Hbond substituents is 1. The van der Waals surface area contributed by atoms with E-state index in [4.69, 9.17) is 19.1 Å². The number of aromatic hydroxyl groups is 1. The summed E-state index contributed by atoms with van der Waals surface area (Å²) in [6, 6.07) is 10.6. The van der Waals surface area contributed by atoms with Gasteiger partial charge in [0.05, 0.1) is 31.5 Å². The molecule has 0 heterocycles. The van der Waals surface area contributed by atoms with Gasteiger partial charge in [-0.2, -0.15) is 0 Å². The van der Waals surface area contributed by atoms with E-state index in [0.29, 0.717) is 22.0 Å². The first-order valence-electron chi connectivity index (χ1n) is 7.70. The Labute approximate surface area is 157 Å². The Morgan fingerprint density at radius 3 is 2.04 bits per heavy atom. The Morgan fingerprint density at radius 2 is 1.42 bits per heavy atom. The molecule has 0 unspecified atom stereocenters. The fourth-order valence-corrected chi connectivity index (χ4v) is 2.28. The Morgan fingerprint density at radius 1 is 0.885 bits per heavy atom. The maximum Gasteiger partial charge on any atom is 0.166 e. The van der Waals surface area contributed by atoms with Crippen LogP contribution in [0.5, 0.6) is 17.2 Å². The van der Waals surface area contributed by atoms with Crippen LogP contribution in [0, 0.1) is 0 Å². The van der Waals surface area contributed by atoms with E-state index in [1.165, 1.54) is 13.3 Å². The summed E-state index contributed by atoms with van der Waals surface area (Å²) < 4.78 is 10.2. The first-order valence-corrected chi connectivity index (χ1v) is 8.14. The Balaban J connectivity index is 1.74. The van der Waals surface area contributed by atoms with Crippen molar-refractivity contribution >= 4 is 25.1 Å². The minimum absolute atomic E-state index is 0.00375. The molecule has 0 atom stereocenters. The molecule has 0 aliphatic carbocycles. The summed E-state index contributed by atoms with van der Waals surface area (Å²) in [6.45, 7) is 0.411. The normalized spacial score (nSPS) is 11.0. The van der Waals surface area contributed by atoms with E-state index in [0.717, 1.165) is 5.56 Å². The number of methoxy groups -OCH3 is 2. The molecule has 0 bridgehead atoms. The predicted molar refractivity (Wildman–Crippen MR) is 102 cm³/mol. The lowest BCUT2D eigenvalue weighted by Gasteiger charge is -2.05. The quantitative estimate of drug-likeness (QED) is 0.304. The maximum atomic E-state index is 9.90. The molecule has 0 radical (unpaired) electrons. The topological polar surface area (TPSA) is 81.9 Å². The van der Waals surface area contributed by atoms with Gasteiger partial charge in [-0.05, 0) is 18.2 Å². The number of phenols is 1.